The molecule has 0 amide bonds. The van der Waals surface area contributed by atoms with E-state index in [1.54, 1.807) is 0 Å². The third-order valence-corrected chi connectivity index (χ3v) is 8.99. The SMILES string of the molecule is C[C@@H]1CCCN(c2cc(N3CCCC[C@H]3C)nc(NC(=S)NCC3(c4ccc(Cl)cc4)CCOCC3)n2)C1. The summed E-state index contributed by atoms with van der Waals surface area (Å²) in [6.07, 6.45) is 8.00. The van der Waals surface area contributed by atoms with E-state index in [2.05, 4.69) is 52.5 Å². The second-order valence-electron chi connectivity index (χ2n) is 11.3. The highest BCUT2D eigenvalue weighted by atomic mass is 35.5. The number of halogens is 1. The van der Waals surface area contributed by atoms with E-state index in [0.717, 1.165) is 62.3 Å². The van der Waals surface area contributed by atoms with E-state index in [9.17, 15) is 0 Å². The van der Waals surface area contributed by atoms with Crippen molar-refractivity contribution in [2.75, 3.05) is 54.5 Å². The summed E-state index contributed by atoms with van der Waals surface area (Å²) in [4.78, 5) is 14.7. The Hall–Kier alpha value is -2.16. The first-order valence-electron chi connectivity index (χ1n) is 14.2. The summed E-state index contributed by atoms with van der Waals surface area (Å²) in [6, 6.07) is 10.8. The Morgan fingerprint density at radius 3 is 2.55 bits per heavy atom. The zero-order valence-corrected chi connectivity index (χ0v) is 24.3. The van der Waals surface area contributed by atoms with E-state index < -0.39 is 0 Å². The van der Waals surface area contributed by atoms with E-state index in [4.69, 9.17) is 38.5 Å². The van der Waals surface area contributed by atoms with Gasteiger partial charge < -0.3 is 25.2 Å². The summed E-state index contributed by atoms with van der Waals surface area (Å²) in [6.45, 7) is 9.90. The molecule has 2 N–H and O–H groups in total. The smallest absolute Gasteiger partial charge is 0.232 e. The van der Waals surface area contributed by atoms with Crippen LogP contribution >= 0.6 is 23.8 Å². The molecule has 0 bridgehead atoms. The van der Waals surface area contributed by atoms with Gasteiger partial charge in [-0.25, -0.2) is 0 Å². The molecule has 206 valence electrons. The Labute approximate surface area is 237 Å². The molecule has 0 radical (unpaired) electrons. The third-order valence-electron chi connectivity index (χ3n) is 8.50. The third kappa shape index (κ3) is 6.52. The Balaban J connectivity index is 1.34. The summed E-state index contributed by atoms with van der Waals surface area (Å²) < 4.78 is 5.70. The van der Waals surface area contributed by atoms with Gasteiger partial charge in [0.05, 0.1) is 0 Å². The van der Waals surface area contributed by atoms with E-state index in [1.165, 1.54) is 37.7 Å². The molecule has 0 spiro atoms. The lowest BCUT2D eigenvalue weighted by molar-refractivity contribution is 0.0515. The van der Waals surface area contributed by atoms with Crippen LogP contribution in [0.3, 0.4) is 0 Å². The number of rotatable bonds is 6. The maximum absolute atomic E-state index is 6.18. The predicted octanol–water partition coefficient (Wildman–Crippen LogP) is 5.78. The van der Waals surface area contributed by atoms with Crippen molar-refractivity contribution < 1.29 is 4.74 Å². The predicted molar refractivity (Wildman–Crippen MR) is 161 cm³/mol. The van der Waals surface area contributed by atoms with Gasteiger partial charge in [0.1, 0.15) is 11.6 Å². The van der Waals surface area contributed by atoms with Gasteiger partial charge >= 0.3 is 0 Å². The molecule has 38 heavy (non-hydrogen) atoms. The molecule has 0 aliphatic carbocycles. The monoisotopic (exact) mass is 556 g/mol. The van der Waals surface area contributed by atoms with Crippen molar-refractivity contribution in [2.45, 2.75) is 70.3 Å². The maximum Gasteiger partial charge on any atom is 0.232 e. The fourth-order valence-electron chi connectivity index (χ4n) is 6.15. The van der Waals surface area contributed by atoms with Crippen molar-refractivity contribution in [1.29, 1.82) is 0 Å². The number of ether oxygens (including phenoxy) is 1. The molecule has 7 nitrogen and oxygen atoms in total. The van der Waals surface area contributed by atoms with Crippen molar-refractivity contribution in [3.8, 4) is 0 Å². The number of anilines is 3. The van der Waals surface area contributed by atoms with Crippen LogP contribution in [0.4, 0.5) is 17.6 Å². The van der Waals surface area contributed by atoms with Crippen LogP contribution in [0.5, 0.6) is 0 Å². The van der Waals surface area contributed by atoms with Gasteiger partial charge in [-0.1, -0.05) is 30.7 Å². The molecule has 3 saturated heterocycles. The fourth-order valence-corrected chi connectivity index (χ4v) is 6.44. The fraction of sp³-hybridized carbons (Fsp3) is 0.621. The molecule has 0 saturated carbocycles. The first-order chi connectivity index (χ1) is 18.4. The van der Waals surface area contributed by atoms with Crippen LogP contribution < -0.4 is 20.4 Å². The molecule has 1 aromatic heterocycles. The van der Waals surface area contributed by atoms with E-state index in [0.29, 0.717) is 29.6 Å². The average Bonchev–Trinajstić information content (AvgIpc) is 2.93. The Kier molecular flexibility index (Phi) is 8.91. The topological polar surface area (TPSA) is 65.5 Å². The Morgan fingerprint density at radius 1 is 1.05 bits per heavy atom. The lowest BCUT2D eigenvalue weighted by atomic mass is 9.74. The van der Waals surface area contributed by atoms with E-state index >= 15 is 0 Å². The number of thiocarbonyl (C=S) groups is 1. The van der Waals surface area contributed by atoms with Crippen molar-refractivity contribution in [2.24, 2.45) is 5.92 Å². The highest BCUT2D eigenvalue weighted by Gasteiger charge is 2.34. The number of benzene rings is 1. The van der Waals surface area contributed by atoms with E-state index in [1.807, 2.05) is 12.1 Å². The number of hydrogen-bond acceptors (Lipinski definition) is 6. The van der Waals surface area contributed by atoms with Crippen LogP contribution in [0.25, 0.3) is 0 Å². The van der Waals surface area contributed by atoms with Crippen molar-refractivity contribution in [3.05, 3.63) is 40.9 Å². The lowest BCUT2D eigenvalue weighted by Gasteiger charge is -2.38. The first kappa shape index (κ1) is 27.4. The summed E-state index contributed by atoms with van der Waals surface area (Å²) in [5.41, 5.74) is 1.20. The number of nitrogens with one attached hydrogen (secondary N) is 2. The molecule has 2 aromatic rings. The summed E-state index contributed by atoms with van der Waals surface area (Å²) in [7, 11) is 0. The minimum atomic E-state index is -0.0599. The molecule has 3 aliphatic rings. The van der Waals surface area contributed by atoms with Gasteiger partial charge in [-0.15, -0.1) is 0 Å². The van der Waals surface area contributed by atoms with Gasteiger partial charge in [-0.3, -0.25) is 0 Å². The number of piperidine rings is 2. The maximum atomic E-state index is 6.18. The molecule has 3 fully saturated rings. The number of aromatic nitrogens is 2. The summed E-state index contributed by atoms with van der Waals surface area (Å²) >= 11 is 12.0. The summed E-state index contributed by atoms with van der Waals surface area (Å²) in [5, 5.41) is 8.13. The van der Waals surface area contributed by atoms with Gasteiger partial charge in [0.2, 0.25) is 5.95 Å². The molecular formula is C29H41ClN6OS. The number of hydrogen-bond donors (Lipinski definition) is 2. The second kappa shape index (κ2) is 12.3. The Bertz CT molecular complexity index is 1090. The normalized spacial score (nSPS) is 23.7. The highest BCUT2D eigenvalue weighted by molar-refractivity contribution is 7.80. The van der Waals surface area contributed by atoms with Gasteiger partial charge in [0, 0.05) is 61.9 Å². The molecule has 9 heteroatoms. The minimum Gasteiger partial charge on any atom is -0.381 e. The van der Waals surface area contributed by atoms with Crippen LogP contribution in [-0.2, 0) is 10.2 Å². The molecular weight excluding hydrogens is 516 g/mol. The van der Waals surface area contributed by atoms with Gasteiger partial charge in [-0.05, 0) is 87.7 Å². The van der Waals surface area contributed by atoms with Crippen molar-refractivity contribution >= 4 is 46.5 Å². The highest BCUT2D eigenvalue weighted by Crippen LogP contribution is 2.35. The Morgan fingerprint density at radius 2 is 1.82 bits per heavy atom. The number of nitrogens with zero attached hydrogens (tertiary/aromatic N) is 4. The van der Waals surface area contributed by atoms with Gasteiger partial charge in [0.15, 0.2) is 5.11 Å². The molecule has 1 aromatic carbocycles. The second-order valence-corrected chi connectivity index (χ2v) is 12.2. The van der Waals surface area contributed by atoms with E-state index in [-0.39, 0.29) is 5.41 Å². The van der Waals surface area contributed by atoms with Crippen LogP contribution in [0.1, 0.15) is 64.4 Å². The lowest BCUT2D eigenvalue weighted by Crippen LogP contribution is -2.45. The average molecular weight is 557 g/mol. The molecule has 2 atom stereocenters. The quantitative estimate of drug-likeness (QED) is 0.434. The molecule has 3 aliphatic heterocycles. The van der Waals surface area contributed by atoms with Crippen LogP contribution in [-0.4, -0.2) is 60.5 Å². The van der Waals surface area contributed by atoms with Crippen LogP contribution in [0.2, 0.25) is 5.02 Å². The summed E-state index contributed by atoms with van der Waals surface area (Å²) in [5.74, 6) is 3.22. The van der Waals surface area contributed by atoms with Crippen molar-refractivity contribution in [3.63, 3.8) is 0 Å². The van der Waals surface area contributed by atoms with Crippen LogP contribution in [0.15, 0.2) is 30.3 Å². The molecule has 5 rings (SSSR count). The standard InChI is InChI=1S/C29H41ClN6OS/c1-21-6-5-14-35(19-21)25-18-26(36-15-4-3-7-22(36)2)33-27(32-25)34-28(38)31-20-29(12-16-37-17-13-29)23-8-10-24(30)11-9-23/h8-11,18,21-22H,3-7,12-17,19-20H2,1-2H3,(H2,31,32,33,34,38)/t21-,22-/m1/s1. The zero-order valence-electron chi connectivity index (χ0n) is 22.7. The first-order valence-corrected chi connectivity index (χ1v) is 15.0. The largest absolute Gasteiger partial charge is 0.381 e. The molecule has 4 heterocycles. The van der Waals surface area contributed by atoms with Gasteiger partial charge in [0.25, 0.3) is 0 Å². The zero-order chi connectivity index (χ0) is 26.5. The van der Waals surface area contributed by atoms with Crippen molar-refractivity contribution in [1.82, 2.24) is 15.3 Å². The van der Waals surface area contributed by atoms with Gasteiger partial charge in [-0.2, -0.15) is 9.97 Å². The minimum absolute atomic E-state index is 0.0599. The van der Waals surface area contributed by atoms with Crippen LogP contribution in [0, 0.1) is 5.92 Å². The molecule has 0 unspecified atom stereocenters.